The third-order valence-electron chi connectivity index (χ3n) is 2.15. The Morgan fingerprint density at radius 3 is 2.88 bits per heavy atom. The van der Waals surface area contributed by atoms with Crippen molar-refractivity contribution in [3.05, 3.63) is 28.5 Å². The number of nitrogens with two attached hydrogens (primary N) is 1. The number of nitrogens with one attached hydrogen (secondary N) is 1. The van der Waals surface area contributed by atoms with Gasteiger partial charge in [0.1, 0.15) is 0 Å². The van der Waals surface area contributed by atoms with E-state index in [9.17, 15) is 4.79 Å². The Labute approximate surface area is 96.1 Å². The normalized spacial score (nSPS) is 10.3. The lowest BCUT2D eigenvalue weighted by atomic mass is 10.1. The van der Waals surface area contributed by atoms with Crippen LogP contribution in [-0.4, -0.2) is 26.0 Å². The highest BCUT2D eigenvalue weighted by molar-refractivity contribution is 7.71. The molecule has 0 fully saturated rings. The summed E-state index contributed by atoms with van der Waals surface area (Å²) in [6, 6.07) is 4.95. The van der Waals surface area contributed by atoms with E-state index in [0.717, 1.165) is 0 Å². The molecule has 0 atom stereocenters. The first-order valence-electron chi connectivity index (χ1n) is 4.50. The highest BCUT2D eigenvalue weighted by Crippen LogP contribution is 2.18. The number of tetrazole rings is 1. The van der Waals surface area contributed by atoms with E-state index in [0.29, 0.717) is 16.9 Å². The molecule has 2 rings (SSSR count). The summed E-state index contributed by atoms with van der Waals surface area (Å²) in [6.07, 6.45) is 0. The molecule has 0 aliphatic rings. The number of anilines is 1. The first-order valence-corrected chi connectivity index (χ1v) is 4.91. The minimum atomic E-state index is -0.0414. The Morgan fingerprint density at radius 1 is 1.56 bits per heavy atom. The molecule has 0 bridgehead atoms. The molecule has 0 unspecified atom stereocenters. The molecule has 0 amide bonds. The van der Waals surface area contributed by atoms with Gasteiger partial charge in [-0.05, 0) is 37.3 Å². The van der Waals surface area contributed by atoms with Crippen LogP contribution in [0.1, 0.15) is 17.3 Å². The summed E-state index contributed by atoms with van der Waals surface area (Å²) < 4.78 is 1.70. The fraction of sp³-hybridized carbons (Fsp3) is 0.111. The van der Waals surface area contributed by atoms with Crippen molar-refractivity contribution in [2.45, 2.75) is 6.92 Å². The molecule has 0 saturated heterocycles. The second-order valence-corrected chi connectivity index (χ2v) is 3.61. The van der Waals surface area contributed by atoms with Crippen molar-refractivity contribution in [1.82, 2.24) is 20.2 Å². The molecular weight excluding hydrogens is 226 g/mol. The summed E-state index contributed by atoms with van der Waals surface area (Å²) in [7, 11) is 0. The number of nitrogens with zero attached hydrogens (tertiary/aromatic N) is 3. The predicted octanol–water partition coefficient (Wildman–Crippen LogP) is 1.11. The molecule has 1 aromatic carbocycles. The predicted molar refractivity (Wildman–Crippen MR) is 61.0 cm³/mol. The van der Waals surface area contributed by atoms with E-state index in [-0.39, 0.29) is 10.6 Å². The van der Waals surface area contributed by atoms with Crippen LogP contribution in [0.25, 0.3) is 5.69 Å². The van der Waals surface area contributed by atoms with Gasteiger partial charge in [0, 0.05) is 5.56 Å². The Hall–Kier alpha value is -2.02. The molecule has 2 aromatic rings. The molecule has 3 N–H and O–H groups in total. The van der Waals surface area contributed by atoms with E-state index >= 15 is 0 Å². The van der Waals surface area contributed by atoms with Crippen LogP contribution in [0.2, 0.25) is 0 Å². The standard InChI is InChI=1S/C9H9N5OS/c1-5(15)6-2-3-7(10)8(4-6)14-9(16)11-12-13-14/h2-4H,10H2,1H3,(H,11,13,16). The summed E-state index contributed by atoms with van der Waals surface area (Å²) in [6.45, 7) is 1.49. The molecule has 0 radical (unpaired) electrons. The number of carbonyl (C=O) groups is 1. The van der Waals surface area contributed by atoms with Gasteiger partial charge < -0.3 is 5.73 Å². The fourth-order valence-electron chi connectivity index (χ4n) is 1.31. The van der Waals surface area contributed by atoms with Crippen LogP contribution < -0.4 is 5.73 Å². The first kappa shape index (κ1) is 10.5. The second kappa shape index (κ2) is 3.86. The van der Waals surface area contributed by atoms with E-state index in [1.165, 1.54) is 11.6 Å². The number of hydrogen-bond acceptors (Lipinski definition) is 5. The number of H-pyrrole nitrogens is 1. The van der Waals surface area contributed by atoms with Crippen LogP contribution >= 0.6 is 12.2 Å². The lowest BCUT2D eigenvalue weighted by Crippen LogP contribution is -2.04. The van der Waals surface area contributed by atoms with Crippen LogP contribution in [-0.2, 0) is 0 Å². The zero-order valence-electron chi connectivity index (χ0n) is 8.47. The van der Waals surface area contributed by atoms with Gasteiger partial charge in [0.05, 0.1) is 11.4 Å². The molecular formula is C9H9N5OS. The topological polar surface area (TPSA) is 89.6 Å². The quantitative estimate of drug-likeness (QED) is 0.462. The van der Waals surface area contributed by atoms with Crippen molar-refractivity contribution in [2.75, 3.05) is 5.73 Å². The molecule has 0 spiro atoms. The maximum atomic E-state index is 11.2. The molecule has 1 heterocycles. The fourth-order valence-corrected chi connectivity index (χ4v) is 1.49. The van der Waals surface area contributed by atoms with Crippen molar-refractivity contribution < 1.29 is 4.79 Å². The Morgan fingerprint density at radius 2 is 2.31 bits per heavy atom. The number of benzene rings is 1. The Bertz CT molecular complexity index is 600. The van der Waals surface area contributed by atoms with Gasteiger partial charge >= 0.3 is 0 Å². The molecule has 82 valence electrons. The summed E-state index contributed by atoms with van der Waals surface area (Å²) in [5, 5.41) is 9.79. The third kappa shape index (κ3) is 1.72. The minimum Gasteiger partial charge on any atom is -0.397 e. The minimum absolute atomic E-state index is 0.0414. The van der Waals surface area contributed by atoms with Gasteiger partial charge in [-0.3, -0.25) is 4.79 Å². The third-order valence-corrected chi connectivity index (χ3v) is 2.41. The van der Waals surface area contributed by atoms with E-state index in [1.807, 2.05) is 0 Å². The number of aromatic amines is 1. The van der Waals surface area contributed by atoms with Gasteiger partial charge in [-0.1, -0.05) is 10.3 Å². The number of carbonyl (C=O) groups excluding carboxylic acids is 1. The van der Waals surface area contributed by atoms with Crippen molar-refractivity contribution in [3.8, 4) is 5.69 Å². The number of ketones is 1. The van der Waals surface area contributed by atoms with Gasteiger partial charge in [0.25, 0.3) is 0 Å². The van der Waals surface area contributed by atoms with Crippen LogP contribution in [0.5, 0.6) is 0 Å². The number of aromatic nitrogens is 4. The summed E-state index contributed by atoms with van der Waals surface area (Å²) in [4.78, 5) is 11.2. The number of nitrogen functional groups attached to an aromatic ring is 1. The van der Waals surface area contributed by atoms with Crippen LogP contribution in [0, 0.1) is 4.77 Å². The van der Waals surface area contributed by atoms with Crippen LogP contribution in [0.4, 0.5) is 5.69 Å². The zero-order chi connectivity index (χ0) is 11.7. The smallest absolute Gasteiger partial charge is 0.242 e. The maximum absolute atomic E-state index is 11.2. The summed E-state index contributed by atoms with van der Waals surface area (Å²) in [5.41, 5.74) is 7.42. The van der Waals surface area contributed by atoms with E-state index in [2.05, 4.69) is 15.5 Å². The molecule has 0 saturated carbocycles. The number of hydrogen-bond donors (Lipinski definition) is 2. The van der Waals surface area contributed by atoms with Gasteiger partial charge in [0.15, 0.2) is 5.78 Å². The van der Waals surface area contributed by atoms with Crippen molar-refractivity contribution in [3.63, 3.8) is 0 Å². The molecule has 16 heavy (non-hydrogen) atoms. The van der Waals surface area contributed by atoms with Crippen molar-refractivity contribution >= 4 is 23.7 Å². The van der Waals surface area contributed by atoms with Gasteiger partial charge in [-0.15, -0.1) is 0 Å². The molecule has 1 aromatic heterocycles. The molecule has 6 nitrogen and oxygen atoms in total. The number of rotatable bonds is 2. The summed E-state index contributed by atoms with van der Waals surface area (Å²) in [5.74, 6) is -0.0414. The van der Waals surface area contributed by atoms with Crippen molar-refractivity contribution in [2.24, 2.45) is 0 Å². The lowest BCUT2D eigenvalue weighted by molar-refractivity contribution is 0.101. The van der Waals surface area contributed by atoms with E-state index < -0.39 is 0 Å². The average Bonchev–Trinajstić information content (AvgIpc) is 2.65. The Balaban J connectivity index is 2.65. The van der Waals surface area contributed by atoms with Gasteiger partial charge in [0.2, 0.25) is 4.77 Å². The second-order valence-electron chi connectivity index (χ2n) is 3.25. The molecule has 0 aliphatic carbocycles. The lowest BCUT2D eigenvalue weighted by Gasteiger charge is -2.06. The van der Waals surface area contributed by atoms with Gasteiger partial charge in [-0.25, -0.2) is 4.68 Å². The Kier molecular flexibility index (Phi) is 2.53. The number of Topliss-reactive ketones (excluding diaryl/α,β-unsaturated/α-hetero) is 1. The highest BCUT2D eigenvalue weighted by Gasteiger charge is 2.08. The van der Waals surface area contributed by atoms with E-state index in [1.54, 1.807) is 18.2 Å². The van der Waals surface area contributed by atoms with Crippen LogP contribution in [0.3, 0.4) is 0 Å². The SMILES string of the molecule is CC(=O)c1ccc(N)c(-n2[nH]nnc2=S)c1. The van der Waals surface area contributed by atoms with E-state index in [4.69, 9.17) is 18.0 Å². The highest BCUT2D eigenvalue weighted by atomic mass is 32.1. The van der Waals surface area contributed by atoms with Crippen molar-refractivity contribution in [1.29, 1.82) is 0 Å². The largest absolute Gasteiger partial charge is 0.397 e. The first-order chi connectivity index (χ1) is 7.59. The molecule has 0 aliphatic heterocycles. The molecule has 7 heteroatoms. The average molecular weight is 235 g/mol. The summed E-state index contributed by atoms with van der Waals surface area (Å²) >= 11 is 4.95. The monoisotopic (exact) mass is 235 g/mol. The van der Waals surface area contributed by atoms with Crippen LogP contribution in [0.15, 0.2) is 18.2 Å². The maximum Gasteiger partial charge on any atom is 0.242 e. The van der Waals surface area contributed by atoms with Gasteiger partial charge in [-0.2, -0.15) is 5.21 Å². The zero-order valence-corrected chi connectivity index (χ0v) is 9.28.